The minimum atomic E-state index is 0.103. The highest BCUT2D eigenvalue weighted by molar-refractivity contribution is 6.32. The van der Waals surface area contributed by atoms with Gasteiger partial charge in [-0.25, -0.2) is 0 Å². The normalized spacial score (nSPS) is 23.0. The summed E-state index contributed by atoms with van der Waals surface area (Å²) in [5.41, 5.74) is 5.77. The molecule has 2 aliphatic carbocycles. The van der Waals surface area contributed by atoms with Crippen molar-refractivity contribution in [3.63, 3.8) is 0 Å². The van der Waals surface area contributed by atoms with E-state index in [0.717, 1.165) is 29.8 Å². The van der Waals surface area contributed by atoms with Crippen molar-refractivity contribution in [3.8, 4) is 6.07 Å². The van der Waals surface area contributed by atoms with E-state index in [4.69, 9.17) is 16.7 Å². The summed E-state index contributed by atoms with van der Waals surface area (Å²) in [4.78, 5) is 11.8. The monoisotopic (exact) mass is 417 g/mol. The molecule has 0 N–H and O–H groups in total. The van der Waals surface area contributed by atoms with Crippen LogP contribution < -0.4 is 5.01 Å². The summed E-state index contributed by atoms with van der Waals surface area (Å²) in [6.45, 7) is 1.62. The molecule has 2 aromatic carbocycles. The quantitative estimate of drug-likeness (QED) is 0.596. The Bertz CT molecular complexity index is 1090. The van der Waals surface area contributed by atoms with Gasteiger partial charge in [0.05, 0.1) is 28.0 Å². The van der Waals surface area contributed by atoms with Crippen LogP contribution >= 0.6 is 11.6 Å². The lowest BCUT2D eigenvalue weighted by Gasteiger charge is -2.34. The van der Waals surface area contributed by atoms with Gasteiger partial charge in [0.25, 0.3) is 0 Å². The second-order valence-electron chi connectivity index (χ2n) is 8.71. The first-order valence-electron chi connectivity index (χ1n) is 10.8. The van der Waals surface area contributed by atoms with Gasteiger partial charge in [-0.1, -0.05) is 36.6 Å². The Labute approximate surface area is 182 Å². The number of carbonyl (C=O) groups is 1. The summed E-state index contributed by atoms with van der Waals surface area (Å²) >= 11 is 6.37. The molecule has 5 heteroatoms. The molecular weight excluding hydrogens is 394 g/mol. The lowest BCUT2D eigenvalue weighted by atomic mass is 9.74. The zero-order valence-corrected chi connectivity index (χ0v) is 17.8. The number of hydrogen-bond donors (Lipinski definition) is 0. The predicted octanol–water partition coefficient (Wildman–Crippen LogP) is 5.76. The molecule has 2 atom stereocenters. The molecule has 0 unspecified atom stereocenters. The van der Waals surface area contributed by atoms with Crippen LogP contribution in [0.2, 0.25) is 5.02 Å². The van der Waals surface area contributed by atoms with Crippen LogP contribution in [0.3, 0.4) is 0 Å². The number of anilines is 1. The molecular formula is C25H24ClN3O. The van der Waals surface area contributed by atoms with Crippen molar-refractivity contribution in [1.82, 2.24) is 0 Å². The number of ketones is 1. The van der Waals surface area contributed by atoms with Crippen LogP contribution in [0.5, 0.6) is 0 Å². The number of nitriles is 1. The maximum atomic E-state index is 11.8. The molecule has 2 aromatic rings. The van der Waals surface area contributed by atoms with Crippen molar-refractivity contribution in [2.45, 2.75) is 51.5 Å². The van der Waals surface area contributed by atoms with E-state index in [-0.39, 0.29) is 5.78 Å². The van der Waals surface area contributed by atoms with Crippen LogP contribution in [0.25, 0.3) is 0 Å². The Balaban J connectivity index is 1.59. The maximum absolute atomic E-state index is 11.8. The first-order valence-corrected chi connectivity index (χ1v) is 11.2. The Morgan fingerprint density at radius 3 is 2.67 bits per heavy atom. The fourth-order valence-electron chi connectivity index (χ4n) is 5.52. The van der Waals surface area contributed by atoms with E-state index in [0.29, 0.717) is 28.5 Å². The smallest absolute Gasteiger partial charge is 0.159 e. The zero-order valence-electron chi connectivity index (χ0n) is 17.1. The fourth-order valence-corrected chi connectivity index (χ4v) is 5.74. The van der Waals surface area contributed by atoms with Crippen molar-refractivity contribution in [3.05, 3.63) is 63.7 Å². The van der Waals surface area contributed by atoms with Crippen LogP contribution in [-0.4, -0.2) is 17.5 Å². The van der Waals surface area contributed by atoms with Gasteiger partial charge in [-0.3, -0.25) is 9.80 Å². The van der Waals surface area contributed by atoms with Crippen molar-refractivity contribution in [2.24, 2.45) is 16.9 Å². The van der Waals surface area contributed by atoms with E-state index in [1.54, 1.807) is 13.0 Å². The van der Waals surface area contributed by atoms with E-state index >= 15 is 0 Å². The fraction of sp³-hybridized carbons (Fsp3) is 0.400. The molecule has 1 fully saturated rings. The first-order chi connectivity index (χ1) is 14.6. The van der Waals surface area contributed by atoms with Gasteiger partial charge < -0.3 is 0 Å². The van der Waals surface area contributed by atoms with Crippen molar-refractivity contribution in [2.75, 3.05) is 5.01 Å². The highest BCUT2D eigenvalue weighted by atomic mass is 35.5. The summed E-state index contributed by atoms with van der Waals surface area (Å²) in [5, 5.41) is 17.0. The van der Waals surface area contributed by atoms with Crippen molar-refractivity contribution >= 4 is 28.8 Å². The molecule has 0 saturated heterocycles. The van der Waals surface area contributed by atoms with Crippen molar-refractivity contribution in [1.29, 1.82) is 5.26 Å². The number of hydrazone groups is 1. The number of fused-ring (bicyclic) bond motifs is 3. The van der Waals surface area contributed by atoms with E-state index in [1.807, 2.05) is 24.3 Å². The van der Waals surface area contributed by atoms with Crippen LogP contribution in [0.1, 0.15) is 66.1 Å². The Kier molecular flexibility index (Phi) is 4.87. The van der Waals surface area contributed by atoms with Crippen LogP contribution in [0.4, 0.5) is 5.69 Å². The van der Waals surface area contributed by atoms with E-state index < -0.39 is 0 Å². The molecule has 5 rings (SSSR count). The third-order valence-electron chi connectivity index (χ3n) is 6.99. The Hall–Kier alpha value is -2.64. The molecule has 3 aliphatic rings. The molecule has 152 valence electrons. The summed E-state index contributed by atoms with van der Waals surface area (Å²) in [6, 6.07) is 14.2. The predicted molar refractivity (Wildman–Crippen MR) is 119 cm³/mol. The lowest BCUT2D eigenvalue weighted by molar-refractivity contribution is 0.101. The molecule has 1 aliphatic heterocycles. The van der Waals surface area contributed by atoms with E-state index in [1.165, 1.54) is 36.8 Å². The molecule has 0 spiro atoms. The van der Waals surface area contributed by atoms with Crippen LogP contribution in [0.15, 0.2) is 41.5 Å². The molecule has 4 nitrogen and oxygen atoms in total. The van der Waals surface area contributed by atoms with Gasteiger partial charge in [-0.15, -0.1) is 0 Å². The second kappa shape index (κ2) is 7.56. The minimum Gasteiger partial charge on any atom is -0.295 e. The largest absolute Gasteiger partial charge is 0.295 e. The number of benzene rings is 2. The molecule has 0 aromatic heterocycles. The summed E-state index contributed by atoms with van der Waals surface area (Å²) < 4.78 is 0. The number of carbonyl (C=O) groups excluding carboxylic acids is 1. The molecule has 30 heavy (non-hydrogen) atoms. The average molecular weight is 418 g/mol. The number of hydrogen-bond acceptors (Lipinski definition) is 4. The van der Waals surface area contributed by atoms with Gasteiger partial charge in [-0.2, -0.15) is 10.4 Å². The van der Waals surface area contributed by atoms with Crippen LogP contribution in [-0.2, 0) is 6.42 Å². The summed E-state index contributed by atoms with van der Waals surface area (Å²) in [6.07, 6.45) is 7.06. The van der Waals surface area contributed by atoms with Gasteiger partial charge in [0, 0.05) is 17.0 Å². The minimum absolute atomic E-state index is 0.103. The first kappa shape index (κ1) is 19.3. The van der Waals surface area contributed by atoms with E-state index in [2.05, 4.69) is 17.1 Å². The number of aryl methyl sites for hydroxylation is 1. The molecule has 0 radical (unpaired) electrons. The maximum Gasteiger partial charge on any atom is 0.159 e. The number of nitrogens with zero attached hydrogens (tertiary/aromatic N) is 3. The SMILES string of the molecule is CC(=O)c1ccc2c(c1)CC[C@H]1C2=NN(c2ccc(C#N)c(Cl)c2)[C@H]1C1CCCC1. The summed E-state index contributed by atoms with van der Waals surface area (Å²) in [7, 11) is 0. The van der Waals surface area contributed by atoms with Gasteiger partial charge in [0.1, 0.15) is 6.07 Å². The molecule has 1 saturated carbocycles. The number of Topliss-reactive ketones (excluding diaryl/α,β-unsaturated/α-hetero) is 1. The second-order valence-corrected chi connectivity index (χ2v) is 9.12. The number of rotatable bonds is 3. The zero-order chi connectivity index (χ0) is 20.8. The number of halogens is 1. The highest BCUT2D eigenvalue weighted by Gasteiger charge is 2.45. The Morgan fingerprint density at radius 1 is 1.17 bits per heavy atom. The van der Waals surface area contributed by atoms with Crippen molar-refractivity contribution < 1.29 is 4.79 Å². The molecule has 0 amide bonds. The topological polar surface area (TPSA) is 56.5 Å². The standard InChI is InChI=1S/C25H24ClN3O/c1-15(30)17-7-10-21-18(12-17)8-11-22-24(21)28-29(25(22)16-4-2-3-5-16)20-9-6-19(14-27)23(26)13-20/h6-7,9-10,12-13,16,22,25H,2-5,8,11H2,1H3/t22-,25-/m0/s1. The molecule has 0 bridgehead atoms. The van der Waals surface area contributed by atoms with Gasteiger partial charge in [0.15, 0.2) is 5.78 Å². The average Bonchev–Trinajstić information content (AvgIpc) is 3.40. The van der Waals surface area contributed by atoms with Crippen LogP contribution in [0, 0.1) is 23.2 Å². The third-order valence-corrected chi connectivity index (χ3v) is 7.31. The van der Waals surface area contributed by atoms with Gasteiger partial charge in [0.2, 0.25) is 0 Å². The lowest BCUT2D eigenvalue weighted by Crippen LogP contribution is -2.40. The van der Waals surface area contributed by atoms with E-state index in [9.17, 15) is 10.1 Å². The van der Waals surface area contributed by atoms with Gasteiger partial charge in [-0.05, 0) is 68.4 Å². The highest BCUT2D eigenvalue weighted by Crippen LogP contribution is 2.45. The summed E-state index contributed by atoms with van der Waals surface area (Å²) in [5.74, 6) is 1.10. The molecule has 1 heterocycles. The van der Waals surface area contributed by atoms with Gasteiger partial charge >= 0.3 is 0 Å². The Morgan fingerprint density at radius 2 is 1.97 bits per heavy atom. The third kappa shape index (κ3) is 3.13.